The van der Waals surface area contributed by atoms with Crippen molar-refractivity contribution in [3.05, 3.63) is 23.8 Å². The van der Waals surface area contributed by atoms with Gasteiger partial charge in [0, 0.05) is 10.9 Å². The molecule has 2 aromatic rings. The molecule has 1 aromatic heterocycles. The molecule has 3 rings (SSSR count). The molecule has 0 bridgehead atoms. The Morgan fingerprint density at radius 1 is 1.47 bits per heavy atom. The molecule has 88 valence electrons. The molecule has 3 nitrogen and oxygen atoms in total. The van der Waals surface area contributed by atoms with Crippen molar-refractivity contribution in [3.63, 3.8) is 0 Å². The number of nitrogens with one attached hydrogen (secondary N) is 1. The number of hydrogen-bond acceptors (Lipinski definition) is 4. The van der Waals surface area contributed by atoms with Gasteiger partial charge in [0.25, 0.3) is 0 Å². The van der Waals surface area contributed by atoms with Crippen molar-refractivity contribution < 1.29 is 4.74 Å². The predicted octanol–water partition coefficient (Wildman–Crippen LogP) is 3.50. The van der Waals surface area contributed by atoms with E-state index in [9.17, 15) is 0 Å². The first-order chi connectivity index (χ1) is 8.33. The second kappa shape index (κ2) is 4.31. The van der Waals surface area contributed by atoms with Crippen LogP contribution in [0, 0.1) is 0 Å². The van der Waals surface area contributed by atoms with Crippen molar-refractivity contribution in [1.29, 1.82) is 0 Å². The summed E-state index contributed by atoms with van der Waals surface area (Å²) in [6, 6.07) is 6.08. The zero-order chi connectivity index (χ0) is 11.8. The SMILES string of the molecule is COc1cccc2[nH]c3c(c12)CN=C(SC)S3. The van der Waals surface area contributed by atoms with Gasteiger partial charge in [0.1, 0.15) is 10.1 Å². The molecule has 0 atom stereocenters. The lowest BCUT2D eigenvalue weighted by molar-refractivity contribution is 0.419. The van der Waals surface area contributed by atoms with Gasteiger partial charge in [0.05, 0.1) is 24.2 Å². The summed E-state index contributed by atoms with van der Waals surface area (Å²) in [7, 11) is 1.71. The summed E-state index contributed by atoms with van der Waals surface area (Å²) in [6.07, 6.45) is 2.06. The summed E-state index contributed by atoms with van der Waals surface area (Å²) in [6.45, 7) is 0.735. The second-order valence-corrected chi connectivity index (χ2v) is 5.76. The minimum atomic E-state index is 0.735. The first-order valence-electron chi connectivity index (χ1n) is 5.27. The van der Waals surface area contributed by atoms with Crippen LogP contribution >= 0.6 is 23.5 Å². The molecule has 1 aliphatic rings. The molecule has 17 heavy (non-hydrogen) atoms. The number of H-pyrrole nitrogens is 1. The summed E-state index contributed by atoms with van der Waals surface area (Å²) in [5, 5.41) is 2.37. The van der Waals surface area contributed by atoms with Crippen molar-refractivity contribution in [2.75, 3.05) is 13.4 Å². The van der Waals surface area contributed by atoms with E-state index in [0.29, 0.717) is 0 Å². The van der Waals surface area contributed by atoms with Crippen LogP contribution in [0.25, 0.3) is 10.9 Å². The van der Waals surface area contributed by atoms with E-state index in [0.717, 1.165) is 22.2 Å². The lowest BCUT2D eigenvalue weighted by Gasteiger charge is -2.10. The van der Waals surface area contributed by atoms with E-state index in [4.69, 9.17) is 4.74 Å². The molecule has 0 spiro atoms. The van der Waals surface area contributed by atoms with Crippen LogP contribution in [0.15, 0.2) is 28.2 Å². The van der Waals surface area contributed by atoms with Crippen LogP contribution in [0.3, 0.4) is 0 Å². The van der Waals surface area contributed by atoms with Gasteiger partial charge in [0.15, 0.2) is 0 Å². The molecule has 1 aromatic carbocycles. The van der Waals surface area contributed by atoms with Crippen LogP contribution in [0.2, 0.25) is 0 Å². The number of nitrogens with zero attached hydrogens (tertiary/aromatic N) is 1. The molecule has 0 aliphatic carbocycles. The van der Waals surface area contributed by atoms with Gasteiger partial charge in [-0.2, -0.15) is 0 Å². The highest BCUT2D eigenvalue weighted by Gasteiger charge is 2.20. The zero-order valence-electron chi connectivity index (χ0n) is 9.61. The van der Waals surface area contributed by atoms with Crippen molar-refractivity contribution in [3.8, 4) is 5.75 Å². The molecule has 1 aliphatic heterocycles. The van der Waals surface area contributed by atoms with E-state index in [1.54, 1.807) is 30.6 Å². The molecular weight excluding hydrogens is 252 g/mol. The van der Waals surface area contributed by atoms with Crippen molar-refractivity contribution in [2.24, 2.45) is 4.99 Å². The third-order valence-corrected chi connectivity index (χ3v) is 4.89. The average molecular weight is 264 g/mol. The van der Waals surface area contributed by atoms with Gasteiger partial charge in [0.2, 0.25) is 0 Å². The number of aromatic nitrogens is 1. The fourth-order valence-corrected chi connectivity index (χ4v) is 3.57. The predicted molar refractivity (Wildman–Crippen MR) is 75.4 cm³/mol. The molecule has 0 amide bonds. The van der Waals surface area contributed by atoms with Crippen molar-refractivity contribution >= 4 is 38.8 Å². The lowest BCUT2D eigenvalue weighted by Crippen LogP contribution is -1.96. The van der Waals surface area contributed by atoms with Gasteiger partial charge in [-0.25, -0.2) is 0 Å². The zero-order valence-corrected chi connectivity index (χ0v) is 11.2. The first kappa shape index (κ1) is 11.0. The highest BCUT2D eigenvalue weighted by Crippen LogP contribution is 2.40. The fraction of sp³-hybridized carbons (Fsp3) is 0.250. The topological polar surface area (TPSA) is 37.4 Å². The van der Waals surface area contributed by atoms with Gasteiger partial charge < -0.3 is 9.72 Å². The Morgan fingerprint density at radius 2 is 2.35 bits per heavy atom. The van der Waals surface area contributed by atoms with Crippen molar-refractivity contribution in [1.82, 2.24) is 4.98 Å². The Balaban J connectivity index is 2.19. The van der Waals surface area contributed by atoms with Crippen molar-refractivity contribution in [2.45, 2.75) is 11.6 Å². The van der Waals surface area contributed by atoms with Crippen LogP contribution < -0.4 is 4.74 Å². The molecule has 0 saturated heterocycles. The highest BCUT2D eigenvalue weighted by atomic mass is 32.2. The largest absolute Gasteiger partial charge is 0.496 e. The Morgan fingerprint density at radius 3 is 3.12 bits per heavy atom. The van der Waals surface area contributed by atoms with Crippen LogP contribution in [0.4, 0.5) is 0 Å². The standard InChI is InChI=1S/C12H12N2OS2/c1-15-9-5-3-4-8-10(9)7-6-13-12(16-2)17-11(7)14-8/h3-5,14H,6H2,1-2H3. The molecule has 2 heterocycles. The number of thioether (sulfide) groups is 2. The van der Waals surface area contributed by atoms with Gasteiger partial charge in [-0.3, -0.25) is 4.99 Å². The number of ether oxygens (including phenoxy) is 1. The van der Waals surface area contributed by atoms with E-state index in [2.05, 4.69) is 22.3 Å². The summed E-state index contributed by atoms with van der Waals surface area (Å²) in [5.74, 6) is 0.920. The first-order valence-corrected chi connectivity index (χ1v) is 7.31. The Bertz CT molecular complexity index is 604. The van der Waals surface area contributed by atoms with Crippen LogP contribution in [-0.2, 0) is 6.54 Å². The van der Waals surface area contributed by atoms with Crippen LogP contribution in [-0.4, -0.2) is 22.7 Å². The Labute approximate surface area is 108 Å². The average Bonchev–Trinajstić information content (AvgIpc) is 2.75. The van der Waals surface area contributed by atoms with E-state index < -0.39 is 0 Å². The maximum absolute atomic E-state index is 5.42. The maximum atomic E-state index is 5.42. The summed E-state index contributed by atoms with van der Waals surface area (Å²) in [5.41, 5.74) is 2.37. The quantitative estimate of drug-likeness (QED) is 0.856. The Kier molecular flexibility index (Phi) is 2.80. The normalized spacial score (nSPS) is 14.6. The molecule has 0 fully saturated rings. The molecular formula is C12H12N2OS2. The number of fused-ring (bicyclic) bond motifs is 3. The minimum absolute atomic E-state index is 0.735. The van der Waals surface area contributed by atoms with Crippen LogP contribution in [0.5, 0.6) is 5.75 Å². The minimum Gasteiger partial charge on any atom is -0.496 e. The number of benzene rings is 1. The van der Waals surface area contributed by atoms with E-state index in [1.807, 2.05) is 12.1 Å². The second-order valence-electron chi connectivity index (χ2n) is 3.70. The van der Waals surface area contributed by atoms with Gasteiger partial charge in [-0.1, -0.05) is 6.07 Å². The van der Waals surface area contributed by atoms with E-state index >= 15 is 0 Å². The van der Waals surface area contributed by atoms with Crippen LogP contribution in [0.1, 0.15) is 5.56 Å². The summed E-state index contributed by atoms with van der Waals surface area (Å²) < 4.78 is 6.54. The number of aliphatic imine (C=N–C) groups is 1. The number of hydrogen-bond donors (Lipinski definition) is 1. The van der Waals surface area contributed by atoms with E-state index in [1.165, 1.54) is 16.0 Å². The smallest absolute Gasteiger partial charge is 0.130 e. The fourth-order valence-electron chi connectivity index (χ4n) is 2.04. The monoisotopic (exact) mass is 264 g/mol. The Hall–Kier alpha value is -1.07. The molecule has 0 radical (unpaired) electrons. The molecule has 1 N–H and O–H groups in total. The molecule has 0 saturated carbocycles. The summed E-state index contributed by atoms with van der Waals surface area (Å²) >= 11 is 3.39. The number of aromatic amines is 1. The lowest BCUT2D eigenvalue weighted by atomic mass is 10.1. The molecule has 5 heteroatoms. The van der Waals surface area contributed by atoms with E-state index in [-0.39, 0.29) is 0 Å². The van der Waals surface area contributed by atoms with Gasteiger partial charge in [-0.15, -0.1) is 11.8 Å². The highest BCUT2D eigenvalue weighted by molar-refractivity contribution is 8.38. The third kappa shape index (κ3) is 1.73. The summed E-state index contributed by atoms with van der Waals surface area (Å²) in [4.78, 5) is 8.00. The number of rotatable bonds is 1. The third-order valence-electron chi connectivity index (χ3n) is 2.80. The maximum Gasteiger partial charge on any atom is 0.130 e. The molecule has 0 unspecified atom stereocenters. The van der Waals surface area contributed by atoms with Gasteiger partial charge in [-0.05, 0) is 30.2 Å². The van der Waals surface area contributed by atoms with Gasteiger partial charge >= 0.3 is 0 Å². The number of methoxy groups -OCH3 is 1.